The summed E-state index contributed by atoms with van der Waals surface area (Å²) in [5, 5.41) is 43.1. The molecular weight excluding hydrogens is 510 g/mol. The van der Waals surface area contributed by atoms with Gasteiger partial charge in [0.2, 0.25) is 11.7 Å². The molecule has 4 aliphatic rings. The van der Waals surface area contributed by atoms with E-state index in [1.165, 1.54) is 0 Å². The van der Waals surface area contributed by atoms with Gasteiger partial charge in [-0.2, -0.15) is 0 Å². The topological polar surface area (TPSA) is 188 Å². The molecule has 1 amide bonds. The fraction of sp³-hybridized carbons (Fsp3) is 0.750. The zero-order valence-corrected chi connectivity index (χ0v) is 22.5. The molecule has 3 fully saturated rings. The van der Waals surface area contributed by atoms with Crippen LogP contribution >= 0.6 is 0 Å². The number of hydrogen-bond acceptors (Lipinski definition) is 9. The number of rotatable bonds is 9. The Morgan fingerprint density at radius 1 is 1.13 bits per heavy atom. The van der Waals surface area contributed by atoms with Gasteiger partial charge in [0.05, 0.1) is 19.1 Å². The Morgan fingerprint density at radius 3 is 2.51 bits per heavy atom. The van der Waals surface area contributed by atoms with Gasteiger partial charge >= 0.3 is 11.9 Å². The number of esters is 1. The Bertz CT molecular complexity index is 1090. The monoisotopic (exact) mass is 549 g/mol. The minimum Gasteiger partial charge on any atom is -0.480 e. The van der Waals surface area contributed by atoms with Gasteiger partial charge in [0.25, 0.3) is 0 Å². The van der Waals surface area contributed by atoms with Crippen molar-refractivity contribution < 1.29 is 49.1 Å². The molecule has 0 aliphatic heterocycles. The van der Waals surface area contributed by atoms with Crippen molar-refractivity contribution in [3.63, 3.8) is 0 Å². The molecule has 0 bridgehead atoms. The van der Waals surface area contributed by atoms with Crippen molar-refractivity contribution in [3.05, 3.63) is 11.6 Å². The first-order chi connectivity index (χ1) is 18.3. The van der Waals surface area contributed by atoms with E-state index in [9.17, 15) is 34.2 Å². The van der Waals surface area contributed by atoms with Gasteiger partial charge in [-0.3, -0.25) is 19.2 Å². The van der Waals surface area contributed by atoms with Gasteiger partial charge in [-0.1, -0.05) is 19.4 Å². The van der Waals surface area contributed by atoms with E-state index in [1.807, 2.05) is 6.92 Å². The number of nitrogens with one attached hydrogen (secondary N) is 1. The number of ketones is 2. The van der Waals surface area contributed by atoms with Crippen molar-refractivity contribution in [2.45, 2.75) is 89.4 Å². The maximum atomic E-state index is 13.3. The Morgan fingerprint density at radius 2 is 1.85 bits per heavy atom. The Kier molecular flexibility index (Phi) is 8.08. The number of hydrogen-bond donors (Lipinski definition) is 5. The molecule has 0 aromatic rings. The van der Waals surface area contributed by atoms with Crippen LogP contribution in [0.15, 0.2) is 11.6 Å². The number of aliphatic hydroxyl groups excluding tert-OH is 2. The summed E-state index contributed by atoms with van der Waals surface area (Å²) in [6, 6.07) is -1.49. The fourth-order valence-corrected chi connectivity index (χ4v) is 8.16. The second-order valence-electron chi connectivity index (χ2n) is 12.2. The second kappa shape index (κ2) is 10.7. The molecular formula is C28H39NO10. The van der Waals surface area contributed by atoms with Crippen LogP contribution in [0.2, 0.25) is 0 Å². The van der Waals surface area contributed by atoms with Crippen LogP contribution in [0.4, 0.5) is 0 Å². The number of allylic oxidation sites excluding steroid dienone is 1. The van der Waals surface area contributed by atoms with Crippen LogP contribution in [0, 0.1) is 28.6 Å². The highest BCUT2D eigenvalue weighted by molar-refractivity contribution is 5.92. The first-order valence-electron chi connectivity index (χ1n) is 13.7. The van der Waals surface area contributed by atoms with Crippen molar-refractivity contribution in [1.29, 1.82) is 0 Å². The molecule has 0 spiro atoms. The fourth-order valence-electron chi connectivity index (χ4n) is 8.16. The molecule has 216 valence electrons. The van der Waals surface area contributed by atoms with Crippen LogP contribution in [0.5, 0.6) is 0 Å². The Labute approximate surface area is 227 Å². The van der Waals surface area contributed by atoms with Gasteiger partial charge < -0.3 is 30.5 Å². The van der Waals surface area contributed by atoms with E-state index in [1.54, 1.807) is 6.08 Å². The quantitative estimate of drug-likeness (QED) is 0.256. The third-order valence-electron chi connectivity index (χ3n) is 10.2. The smallest absolute Gasteiger partial charge is 0.328 e. The number of amides is 1. The summed E-state index contributed by atoms with van der Waals surface area (Å²) in [7, 11) is 0. The van der Waals surface area contributed by atoms with Crippen molar-refractivity contribution in [1.82, 2.24) is 5.32 Å². The van der Waals surface area contributed by atoms with E-state index in [-0.39, 0.29) is 41.8 Å². The predicted molar refractivity (Wildman–Crippen MR) is 135 cm³/mol. The molecule has 4 rings (SSSR count). The SMILES string of the molecule is C[C@]12CCC(=O)C=C1CC[C@@H]1[C@@H]2[C@@H](O)C[C@@]2(C)[C@H]1CC[C@]2(O)C(=O)COC(=O)CCC(=O)NC(CO)C(=O)O. The summed E-state index contributed by atoms with van der Waals surface area (Å²) in [4.78, 5) is 60.3. The zero-order chi connectivity index (χ0) is 28.8. The molecule has 0 aromatic heterocycles. The van der Waals surface area contributed by atoms with Gasteiger partial charge in [-0.25, -0.2) is 4.79 Å². The molecule has 5 N–H and O–H groups in total. The number of carboxylic acids is 1. The largest absolute Gasteiger partial charge is 0.480 e. The number of aliphatic carboxylic acids is 1. The van der Waals surface area contributed by atoms with E-state index >= 15 is 0 Å². The van der Waals surface area contributed by atoms with Crippen molar-refractivity contribution in [2.75, 3.05) is 13.2 Å². The van der Waals surface area contributed by atoms with Crippen molar-refractivity contribution >= 4 is 29.4 Å². The summed E-state index contributed by atoms with van der Waals surface area (Å²) in [6.07, 6.45) is 3.88. The Balaban J connectivity index is 1.39. The lowest BCUT2D eigenvalue weighted by Gasteiger charge is -2.60. The summed E-state index contributed by atoms with van der Waals surface area (Å²) < 4.78 is 5.07. The average molecular weight is 550 g/mol. The zero-order valence-electron chi connectivity index (χ0n) is 22.5. The van der Waals surface area contributed by atoms with E-state index in [0.717, 1.165) is 18.4 Å². The highest BCUT2D eigenvalue weighted by atomic mass is 16.5. The maximum absolute atomic E-state index is 13.3. The standard InChI is InChI=1S/C28H39NO10/c1-26-9-7-16(31)11-15(26)3-4-17-18-8-10-28(38,27(18,2)12-20(32)24(17)26)21(33)14-39-23(35)6-5-22(34)29-19(13-30)25(36)37/h11,17-20,24,30,32,38H,3-10,12-14H2,1-2H3,(H,29,34)(H,36,37)/t17-,18-,19?,20-,24+,26-,27-,28-/m0/s1. The molecule has 11 nitrogen and oxygen atoms in total. The van der Waals surface area contributed by atoms with Crippen LogP contribution in [-0.4, -0.2) is 80.8 Å². The minimum absolute atomic E-state index is 0.0102. The number of carbonyl (C=O) groups excluding carboxylic acids is 4. The van der Waals surface area contributed by atoms with Crippen LogP contribution in [0.25, 0.3) is 0 Å². The molecule has 0 heterocycles. The Hall–Kier alpha value is -2.63. The lowest BCUT2D eigenvalue weighted by molar-refractivity contribution is -0.184. The van der Waals surface area contributed by atoms with Gasteiger partial charge in [-0.05, 0) is 67.8 Å². The molecule has 0 radical (unpaired) electrons. The molecule has 39 heavy (non-hydrogen) atoms. The van der Waals surface area contributed by atoms with Crippen LogP contribution in [0.1, 0.15) is 71.6 Å². The number of carboxylic acid groups (broad SMARTS) is 1. The molecule has 4 aliphatic carbocycles. The first-order valence-corrected chi connectivity index (χ1v) is 13.7. The van der Waals surface area contributed by atoms with Gasteiger partial charge in [0, 0.05) is 18.3 Å². The van der Waals surface area contributed by atoms with E-state index in [0.29, 0.717) is 19.3 Å². The van der Waals surface area contributed by atoms with Gasteiger partial charge in [-0.15, -0.1) is 0 Å². The maximum Gasteiger partial charge on any atom is 0.328 e. The summed E-state index contributed by atoms with van der Waals surface area (Å²) in [5.74, 6) is -3.53. The summed E-state index contributed by atoms with van der Waals surface area (Å²) >= 11 is 0. The third-order valence-corrected chi connectivity index (χ3v) is 10.2. The molecule has 0 aromatic carbocycles. The van der Waals surface area contributed by atoms with E-state index in [4.69, 9.17) is 14.9 Å². The van der Waals surface area contributed by atoms with E-state index < -0.39 is 72.8 Å². The summed E-state index contributed by atoms with van der Waals surface area (Å²) in [6.45, 7) is 2.49. The van der Waals surface area contributed by atoms with Crippen molar-refractivity contribution in [2.24, 2.45) is 28.6 Å². The number of fused-ring (bicyclic) bond motifs is 5. The normalized spacial score (nSPS) is 38.0. The third kappa shape index (κ3) is 5.04. The minimum atomic E-state index is -1.78. The highest BCUT2D eigenvalue weighted by Crippen LogP contribution is 2.67. The van der Waals surface area contributed by atoms with Crippen LogP contribution < -0.4 is 5.32 Å². The number of carbonyl (C=O) groups is 5. The van der Waals surface area contributed by atoms with Crippen LogP contribution in [0.3, 0.4) is 0 Å². The average Bonchev–Trinajstić information content (AvgIpc) is 3.15. The molecule has 11 heteroatoms. The lowest BCUT2D eigenvalue weighted by Crippen LogP contribution is -2.62. The second-order valence-corrected chi connectivity index (χ2v) is 12.2. The number of ether oxygens (including phenoxy) is 1. The number of aliphatic hydroxyl groups is 3. The number of Topliss-reactive ketones (excluding diaryl/α,β-unsaturated/α-hetero) is 1. The highest BCUT2D eigenvalue weighted by Gasteiger charge is 2.68. The molecule has 0 saturated heterocycles. The van der Waals surface area contributed by atoms with Gasteiger partial charge in [0.1, 0.15) is 11.6 Å². The van der Waals surface area contributed by atoms with Gasteiger partial charge in [0.15, 0.2) is 12.4 Å². The first kappa shape index (κ1) is 29.4. The van der Waals surface area contributed by atoms with E-state index in [2.05, 4.69) is 12.2 Å². The molecule has 8 atom stereocenters. The van der Waals surface area contributed by atoms with Crippen LogP contribution in [-0.2, 0) is 28.7 Å². The summed E-state index contributed by atoms with van der Waals surface area (Å²) in [5.41, 5.74) is -1.88. The molecule has 1 unspecified atom stereocenters. The lowest BCUT2D eigenvalue weighted by atomic mass is 9.45. The van der Waals surface area contributed by atoms with Crippen molar-refractivity contribution in [3.8, 4) is 0 Å². The predicted octanol–water partition coefficient (Wildman–Crippen LogP) is 0.674. The molecule has 3 saturated carbocycles.